The van der Waals surface area contributed by atoms with Gasteiger partial charge in [-0.3, -0.25) is 38.4 Å². The zero-order valence-electron chi connectivity index (χ0n) is 30.2. The van der Waals surface area contributed by atoms with Crippen LogP contribution in [-0.2, 0) is 49.6 Å². The molecule has 18 nitrogen and oxygen atoms in total. The minimum Gasteiger partial charge on any atom is -0.480 e. The number of carboxylic acid groups (broad SMARTS) is 1. The maximum Gasteiger partial charge on any atom is 0.326 e. The van der Waals surface area contributed by atoms with Gasteiger partial charge in [0.1, 0.15) is 30.2 Å². The Morgan fingerprint density at radius 2 is 1.17 bits per heavy atom. The number of nitrogens with two attached hydrogens (primary N) is 1. The maximum absolute atomic E-state index is 13.3. The van der Waals surface area contributed by atoms with Crippen molar-refractivity contribution in [2.75, 3.05) is 13.1 Å². The number of carbonyl (C=O) groups is 9. The fourth-order valence-corrected chi connectivity index (χ4v) is 4.66. The molecule has 2 aromatic rings. The molecule has 18 heteroatoms. The Bertz CT molecular complexity index is 1700. The Morgan fingerprint density at radius 1 is 0.630 bits per heavy atom. The number of nitrogens with one attached hydrogen (secondary N) is 7. The van der Waals surface area contributed by atoms with Gasteiger partial charge < -0.3 is 48.1 Å². The van der Waals surface area contributed by atoms with E-state index in [1.165, 1.54) is 13.8 Å². The van der Waals surface area contributed by atoms with Gasteiger partial charge in [-0.05, 0) is 30.9 Å². The quantitative estimate of drug-likeness (QED) is 0.0677. The predicted octanol–water partition coefficient (Wildman–Crippen LogP) is -1.92. The predicted molar refractivity (Wildman–Crippen MR) is 193 cm³/mol. The topological polar surface area (TPSA) is 284 Å². The zero-order valence-corrected chi connectivity index (χ0v) is 30.2. The number of primary amides is 1. The summed E-state index contributed by atoms with van der Waals surface area (Å²) in [5.74, 6) is -7.78. The lowest BCUT2D eigenvalue weighted by Crippen LogP contribution is -2.55. The van der Waals surface area contributed by atoms with Gasteiger partial charge in [0.2, 0.25) is 47.3 Å². The summed E-state index contributed by atoms with van der Waals surface area (Å²) in [5.41, 5.74) is 6.41. The largest absolute Gasteiger partial charge is 0.480 e. The lowest BCUT2D eigenvalue weighted by atomic mass is 10.0. The Kier molecular flexibility index (Phi) is 17.5. The molecule has 8 amide bonds. The SMILES string of the molecule is CC(C)[C@H](NC(=O)[C@H](C)NC(=O)[C@@H](NC(=O)[C@H](C)NC(=O)/C=C/C(=O)NCC(=O)NCC(=O)N[C@@H](Cc1ccccc1)C(=O)O)c1ccccc1)C(N)=O. The van der Waals surface area contributed by atoms with Crippen molar-refractivity contribution in [2.45, 2.75) is 64.3 Å². The van der Waals surface area contributed by atoms with E-state index in [0.717, 1.165) is 12.2 Å². The van der Waals surface area contributed by atoms with Crippen LogP contribution in [0.5, 0.6) is 0 Å². The maximum atomic E-state index is 13.3. The lowest BCUT2D eigenvalue weighted by Gasteiger charge is -2.25. The van der Waals surface area contributed by atoms with E-state index in [4.69, 9.17) is 5.73 Å². The van der Waals surface area contributed by atoms with Gasteiger partial charge in [0.15, 0.2) is 0 Å². The summed E-state index contributed by atoms with van der Waals surface area (Å²) < 4.78 is 0. The molecule has 0 fully saturated rings. The molecular weight excluding hydrogens is 704 g/mol. The fraction of sp³-hybridized carbons (Fsp3) is 0.361. The molecule has 0 saturated carbocycles. The number of amides is 8. The summed E-state index contributed by atoms with van der Waals surface area (Å²) in [4.78, 5) is 111. The van der Waals surface area contributed by atoms with Gasteiger partial charge in [0, 0.05) is 18.6 Å². The standard InChI is InChI=1S/C36H46N8O10/c1-20(2)30(32(37)49)43-34(51)22(4)41-35(52)31(24-13-9-6-10-14-24)44-33(50)21(3)40-27(46)16-15-26(45)38-18-28(47)39-19-29(48)42-25(36(53)54)17-23-11-7-5-8-12-23/h5-16,20-22,25,30-31H,17-19H2,1-4H3,(H2,37,49)(H,38,45)(H,39,47)(H,40,46)(H,41,52)(H,42,48)(H,43,51)(H,44,50)(H,53,54)/b16-15+/t21-,22-,25-,30-,31-/m0/s1. The van der Waals surface area contributed by atoms with E-state index in [9.17, 15) is 48.3 Å². The van der Waals surface area contributed by atoms with Crippen LogP contribution in [0.2, 0.25) is 0 Å². The first-order chi connectivity index (χ1) is 25.5. The summed E-state index contributed by atoms with van der Waals surface area (Å²) >= 11 is 0. The summed E-state index contributed by atoms with van der Waals surface area (Å²) in [6, 6.07) is 10.9. The van der Waals surface area contributed by atoms with Crippen LogP contribution in [0.25, 0.3) is 0 Å². The molecule has 0 aliphatic rings. The van der Waals surface area contributed by atoms with E-state index in [-0.39, 0.29) is 12.3 Å². The van der Waals surface area contributed by atoms with Crippen molar-refractivity contribution in [3.63, 3.8) is 0 Å². The van der Waals surface area contributed by atoms with Crippen molar-refractivity contribution < 1.29 is 48.3 Å². The van der Waals surface area contributed by atoms with E-state index in [2.05, 4.69) is 37.2 Å². The molecule has 0 heterocycles. The first kappa shape index (κ1) is 43.6. The molecule has 2 aromatic carbocycles. The summed E-state index contributed by atoms with van der Waals surface area (Å²) in [7, 11) is 0. The molecule has 0 aromatic heterocycles. The van der Waals surface area contributed by atoms with Gasteiger partial charge in [-0.25, -0.2) is 4.79 Å². The number of benzene rings is 2. The minimum absolute atomic E-state index is 0.0299. The second-order valence-electron chi connectivity index (χ2n) is 12.4. The molecule has 0 spiro atoms. The van der Waals surface area contributed by atoms with Crippen molar-refractivity contribution in [2.24, 2.45) is 11.7 Å². The van der Waals surface area contributed by atoms with Gasteiger partial charge >= 0.3 is 5.97 Å². The molecule has 0 radical (unpaired) electrons. The second-order valence-corrected chi connectivity index (χ2v) is 12.4. The van der Waals surface area contributed by atoms with Gasteiger partial charge in [-0.15, -0.1) is 0 Å². The Balaban J connectivity index is 1.86. The van der Waals surface area contributed by atoms with Crippen LogP contribution in [0, 0.1) is 5.92 Å². The third-order valence-electron chi connectivity index (χ3n) is 7.63. The van der Waals surface area contributed by atoms with E-state index in [1.54, 1.807) is 74.5 Å². The van der Waals surface area contributed by atoms with Gasteiger partial charge in [-0.2, -0.15) is 0 Å². The Labute approximate surface area is 311 Å². The number of aliphatic carboxylic acids is 1. The molecule has 5 atom stereocenters. The number of carbonyl (C=O) groups excluding carboxylic acids is 8. The third-order valence-corrected chi connectivity index (χ3v) is 7.63. The number of rotatable bonds is 20. The molecule has 0 aliphatic heterocycles. The highest BCUT2D eigenvalue weighted by Gasteiger charge is 2.30. The molecule has 54 heavy (non-hydrogen) atoms. The van der Waals surface area contributed by atoms with Crippen molar-refractivity contribution in [1.82, 2.24) is 37.2 Å². The molecule has 0 saturated heterocycles. The molecule has 10 N–H and O–H groups in total. The monoisotopic (exact) mass is 750 g/mol. The average molecular weight is 751 g/mol. The van der Waals surface area contributed by atoms with Crippen molar-refractivity contribution >= 4 is 53.2 Å². The molecule has 0 aliphatic carbocycles. The normalized spacial score (nSPS) is 13.6. The number of hydrogen-bond acceptors (Lipinski definition) is 9. The van der Waals surface area contributed by atoms with E-state index < -0.39 is 96.5 Å². The fourth-order valence-electron chi connectivity index (χ4n) is 4.66. The summed E-state index contributed by atoms with van der Waals surface area (Å²) in [6.07, 6.45) is 1.64. The number of hydrogen-bond donors (Lipinski definition) is 9. The van der Waals surface area contributed by atoms with Crippen molar-refractivity contribution in [3.05, 3.63) is 83.9 Å². The van der Waals surface area contributed by atoms with Crippen LogP contribution in [0.3, 0.4) is 0 Å². The molecule has 2 rings (SSSR count). The van der Waals surface area contributed by atoms with Crippen LogP contribution >= 0.6 is 0 Å². The Morgan fingerprint density at radius 3 is 1.74 bits per heavy atom. The molecular formula is C36H46N8O10. The van der Waals surface area contributed by atoms with E-state index in [1.807, 2.05) is 0 Å². The number of carboxylic acids is 1. The van der Waals surface area contributed by atoms with Crippen molar-refractivity contribution in [1.29, 1.82) is 0 Å². The first-order valence-corrected chi connectivity index (χ1v) is 16.8. The third kappa shape index (κ3) is 15.3. The highest BCUT2D eigenvalue weighted by atomic mass is 16.4. The summed E-state index contributed by atoms with van der Waals surface area (Å²) in [5, 5.41) is 26.0. The second kappa shape index (κ2) is 21.7. The van der Waals surface area contributed by atoms with Crippen LogP contribution < -0.4 is 43.0 Å². The van der Waals surface area contributed by atoms with Gasteiger partial charge in [-0.1, -0.05) is 74.5 Å². The highest BCUT2D eigenvalue weighted by Crippen LogP contribution is 2.14. The van der Waals surface area contributed by atoms with Crippen LogP contribution in [-0.4, -0.2) is 95.6 Å². The van der Waals surface area contributed by atoms with E-state index in [0.29, 0.717) is 11.1 Å². The first-order valence-electron chi connectivity index (χ1n) is 16.8. The van der Waals surface area contributed by atoms with Crippen LogP contribution in [0.1, 0.15) is 44.9 Å². The van der Waals surface area contributed by atoms with Crippen molar-refractivity contribution in [3.8, 4) is 0 Å². The highest BCUT2D eigenvalue weighted by molar-refractivity contribution is 6.00. The Hall–Kier alpha value is -6.59. The van der Waals surface area contributed by atoms with Gasteiger partial charge in [0.05, 0.1) is 13.1 Å². The van der Waals surface area contributed by atoms with Crippen LogP contribution in [0.4, 0.5) is 0 Å². The van der Waals surface area contributed by atoms with E-state index >= 15 is 0 Å². The molecule has 290 valence electrons. The minimum atomic E-state index is -1.29. The lowest BCUT2D eigenvalue weighted by molar-refractivity contribution is -0.141. The molecule has 0 unspecified atom stereocenters. The average Bonchev–Trinajstić information content (AvgIpc) is 3.13. The zero-order chi connectivity index (χ0) is 40.4. The molecule has 0 bridgehead atoms. The smallest absolute Gasteiger partial charge is 0.326 e. The van der Waals surface area contributed by atoms with Crippen LogP contribution in [0.15, 0.2) is 72.8 Å². The van der Waals surface area contributed by atoms with Gasteiger partial charge in [0.25, 0.3) is 0 Å². The summed E-state index contributed by atoms with van der Waals surface area (Å²) in [6.45, 7) is 4.97.